The summed E-state index contributed by atoms with van der Waals surface area (Å²) in [6.45, 7) is 1.24. The molecular weight excluding hydrogens is 461 g/mol. The highest BCUT2D eigenvalue weighted by atomic mass is 35.5. The third-order valence-electron chi connectivity index (χ3n) is 7.12. The van der Waals surface area contributed by atoms with E-state index in [0.717, 1.165) is 31.2 Å². The lowest BCUT2D eigenvalue weighted by Gasteiger charge is -2.40. The zero-order chi connectivity index (χ0) is 21.0. The highest BCUT2D eigenvalue weighted by Crippen LogP contribution is 2.54. The zero-order valence-corrected chi connectivity index (χ0v) is 19.6. The van der Waals surface area contributed by atoms with Crippen molar-refractivity contribution in [3.8, 4) is 0 Å². The number of halogens is 3. The van der Waals surface area contributed by atoms with E-state index in [1.165, 1.54) is 5.56 Å². The molecule has 1 heterocycles. The predicted molar refractivity (Wildman–Crippen MR) is 123 cm³/mol. The summed E-state index contributed by atoms with van der Waals surface area (Å²) in [6.07, 6.45) is 3.60. The average Bonchev–Trinajstić information content (AvgIpc) is 3.48. The van der Waals surface area contributed by atoms with Crippen LogP contribution in [0.5, 0.6) is 0 Å². The van der Waals surface area contributed by atoms with Crippen molar-refractivity contribution in [3.63, 3.8) is 0 Å². The molecule has 0 spiro atoms. The van der Waals surface area contributed by atoms with Gasteiger partial charge in [-0.2, -0.15) is 0 Å². The van der Waals surface area contributed by atoms with Gasteiger partial charge in [0.15, 0.2) is 0 Å². The molecular formula is C23H24Cl3NO2S. The summed E-state index contributed by atoms with van der Waals surface area (Å²) in [5.74, 6) is 1.06. The molecule has 3 aliphatic rings. The van der Waals surface area contributed by atoms with Crippen molar-refractivity contribution in [3.05, 3.63) is 68.7 Å². The van der Waals surface area contributed by atoms with Crippen molar-refractivity contribution in [2.75, 3.05) is 13.1 Å². The molecule has 2 saturated carbocycles. The van der Waals surface area contributed by atoms with Crippen LogP contribution in [0.15, 0.2) is 42.5 Å². The van der Waals surface area contributed by atoms with E-state index in [4.69, 9.17) is 34.8 Å². The second kappa shape index (κ2) is 7.97. The molecule has 2 aromatic carbocycles. The van der Waals surface area contributed by atoms with Crippen molar-refractivity contribution in [2.45, 2.75) is 42.8 Å². The van der Waals surface area contributed by atoms with Gasteiger partial charge in [0.05, 0.1) is 5.25 Å². The number of nitrogens with zero attached hydrogens (tertiary/aromatic N) is 1. The molecule has 160 valence electrons. The van der Waals surface area contributed by atoms with Gasteiger partial charge in [-0.15, -0.1) is 0 Å². The van der Waals surface area contributed by atoms with Gasteiger partial charge in [0.25, 0.3) is 0 Å². The van der Waals surface area contributed by atoms with E-state index < -0.39 is 10.0 Å². The molecule has 0 bridgehead atoms. The topological polar surface area (TPSA) is 37.4 Å². The Kier molecular flexibility index (Phi) is 5.60. The van der Waals surface area contributed by atoms with Crippen molar-refractivity contribution in [2.24, 2.45) is 11.8 Å². The fraction of sp³-hybridized carbons (Fsp3) is 0.478. The first-order chi connectivity index (χ1) is 14.3. The Morgan fingerprint density at radius 2 is 1.53 bits per heavy atom. The van der Waals surface area contributed by atoms with E-state index in [2.05, 4.69) is 12.1 Å². The minimum absolute atomic E-state index is 0.159. The van der Waals surface area contributed by atoms with Crippen LogP contribution in [0.25, 0.3) is 0 Å². The molecule has 0 amide bonds. The maximum absolute atomic E-state index is 12.9. The molecule has 0 N–H and O–H groups in total. The molecule has 1 aliphatic heterocycles. The summed E-state index contributed by atoms with van der Waals surface area (Å²) >= 11 is 18.9. The quantitative estimate of drug-likeness (QED) is 0.507. The molecule has 30 heavy (non-hydrogen) atoms. The Bertz CT molecular complexity index is 1050. The first-order valence-corrected chi connectivity index (χ1v) is 13.2. The van der Waals surface area contributed by atoms with E-state index in [-0.39, 0.29) is 23.0 Å². The monoisotopic (exact) mass is 483 g/mol. The molecule has 0 radical (unpaired) electrons. The van der Waals surface area contributed by atoms with Gasteiger partial charge in [-0.3, -0.25) is 0 Å². The number of fused-ring (bicyclic) bond motifs is 1. The summed E-state index contributed by atoms with van der Waals surface area (Å²) in [5.41, 5.74) is 2.30. The Morgan fingerprint density at radius 1 is 0.833 bits per heavy atom. The standard InChI is InChI=1S/C23H24Cl3NO2S/c24-16-4-1-14(2-5-16)23-20(19-10-6-17(25)11-22(19)26)9-3-15-12-27(13-21(15)23)30(28,29)18-7-8-18/h1-2,4-6,10-11,15,18,20-21,23H,3,7-9,12-13H2/t15-,20?,21+,23-/m0/s1. The van der Waals surface area contributed by atoms with E-state index >= 15 is 0 Å². The van der Waals surface area contributed by atoms with Crippen LogP contribution in [0, 0.1) is 11.8 Å². The Labute approximate surface area is 193 Å². The fourth-order valence-corrected chi connectivity index (χ4v) is 8.15. The van der Waals surface area contributed by atoms with Crippen LogP contribution in [0.2, 0.25) is 15.1 Å². The van der Waals surface area contributed by atoms with Gasteiger partial charge in [0.2, 0.25) is 10.0 Å². The summed E-state index contributed by atoms with van der Waals surface area (Å²) in [4.78, 5) is 0. The predicted octanol–water partition coefficient (Wildman–Crippen LogP) is 6.35. The Balaban J connectivity index is 1.53. The van der Waals surface area contributed by atoms with E-state index in [0.29, 0.717) is 34.1 Å². The maximum atomic E-state index is 12.9. The van der Waals surface area contributed by atoms with Crippen LogP contribution in [-0.4, -0.2) is 31.1 Å². The molecule has 2 aliphatic carbocycles. The maximum Gasteiger partial charge on any atom is 0.217 e. The molecule has 1 saturated heterocycles. The summed E-state index contributed by atoms with van der Waals surface area (Å²) in [5, 5.41) is 1.86. The SMILES string of the molecule is O=S(=O)(C1CC1)N1C[C@@H]2CCC(c3ccc(Cl)cc3Cl)[C@H](c3ccc(Cl)cc3)[C@@H]2C1. The lowest BCUT2D eigenvalue weighted by Crippen LogP contribution is -2.33. The van der Waals surface area contributed by atoms with Gasteiger partial charge in [0.1, 0.15) is 0 Å². The molecule has 3 fully saturated rings. The highest BCUT2D eigenvalue weighted by Gasteiger charge is 2.51. The second-order valence-electron chi connectivity index (χ2n) is 8.91. The zero-order valence-electron chi connectivity index (χ0n) is 16.5. The van der Waals surface area contributed by atoms with Gasteiger partial charge in [-0.05, 0) is 84.7 Å². The van der Waals surface area contributed by atoms with Gasteiger partial charge >= 0.3 is 0 Å². The Hall–Kier alpha value is -0.780. The molecule has 1 unspecified atom stereocenters. The van der Waals surface area contributed by atoms with Gasteiger partial charge in [-0.25, -0.2) is 12.7 Å². The molecule has 0 aromatic heterocycles. The van der Waals surface area contributed by atoms with Crippen molar-refractivity contribution >= 4 is 44.8 Å². The lowest BCUT2D eigenvalue weighted by atomic mass is 9.63. The van der Waals surface area contributed by atoms with E-state index in [1.54, 1.807) is 4.31 Å². The van der Waals surface area contributed by atoms with Crippen LogP contribution < -0.4 is 0 Å². The second-order valence-corrected chi connectivity index (χ2v) is 12.4. The van der Waals surface area contributed by atoms with Crippen LogP contribution in [0.3, 0.4) is 0 Å². The number of hydrogen-bond donors (Lipinski definition) is 0. The first-order valence-electron chi connectivity index (χ1n) is 10.5. The molecule has 5 rings (SSSR count). The Morgan fingerprint density at radius 3 is 2.20 bits per heavy atom. The normalized spacial score (nSPS) is 29.7. The van der Waals surface area contributed by atoms with Crippen molar-refractivity contribution in [1.82, 2.24) is 4.31 Å². The van der Waals surface area contributed by atoms with Crippen LogP contribution in [-0.2, 0) is 10.0 Å². The van der Waals surface area contributed by atoms with E-state index in [1.807, 2.05) is 30.3 Å². The third-order valence-corrected chi connectivity index (χ3v) is 10.3. The number of benzene rings is 2. The summed E-state index contributed by atoms with van der Waals surface area (Å²) in [6, 6.07) is 13.8. The first kappa shape index (κ1) is 21.1. The highest BCUT2D eigenvalue weighted by molar-refractivity contribution is 7.90. The van der Waals surface area contributed by atoms with Crippen molar-refractivity contribution < 1.29 is 8.42 Å². The molecule has 7 heteroatoms. The molecule has 2 aromatic rings. The van der Waals surface area contributed by atoms with Crippen LogP contribution >= 0.6 is 34.8 Å². The van der Waals surface area contributed by atoms with Crippen LogP contribution in [0.4, 0.5) is 0 Å². The molecule has 4 atom stereocenters. The fourth-order valence-electron chi connectivity index (χ4n) is 5.54. The van der Waals surface area contributed by atoms with Gasteiger partial charge in [-0.1, -0.05) is 53.0 Å². The molecule has 3 nitrogen and oxygen atoms in total. The minimum atomic E-state index is -3.16. The van der Waals surface area contributed by atoms with Crippen molar-refractivity contribution in [1.29, 1.82) is 0 Å². The van der Waals surface area contributed by atoms with E-state index in [9.17, 15) is 8.42 Å². The summed E-state index contributed by atoms with van der Waals surface area (Å²) in [7, 11) is -3.16. The smallest absolute Gasteiger partial charge is 0.212 e. The lowest BCUT2D eigenvalue weighted by molar-refractivity contribution is 0.228. The minimum Gasteiger partial charge on any atom is -0.212 e. The number of hydrogen-bond acceptors (Lipinski definition) is 2. The number of sulfonamides is 1. The van der Waals surface area contributed by atoms with Gasteiger partial charge < -0.3 is 0 Å². The number of rotatable bonds is 4. The average molecular weight is 485 g/mol. The largest absolute Gasteiger partial charge is 0.217 e. The summed E-state index contributed by atoms with van der Waals surface area (Å²) < 4.78 is 27.7. The van der Waals surface area contributed by atoms with Gasteiger partial charge in [0, 0.05) is 28.2 Å². The van der Waals surface area contributed by atoms with Crippen LogP contribution in [0.1, 0.15) is 48.6 Å². The third kappa shape index (κ3) is 3.80.